The first-order chi connectivity index (χ1) is 9.88. The van der Waals surface area contributed by atoms with Gasteiger partial charge in [0.2, 0.25) is 5.75 Å². The van der Waals surface area contributed by atoms with E-state index in [-0.39, 0.29) is 23.0 Å². The number of nitro benzene ring substituents is 1. The summed E-state index contributed by atoms with van der Waals surface area (Å²) in [6.07, 6.45) is 0. The van der Waals surface area contributed by atoms with E-state index >= 15 is 0 Å². The van der Waals surface area contributed by atoms with Crippen LogP contribution in [0.4, 0.5) is 5.69 Å². The summed E-state index contributed by atoms with van der Waals surface area (Å²) in [5, 5.41) is 19.0. The number of hydrogen-bond donors (Lipinski definition) is 2. The largest absolute Gasteiger partial charge is 0.449 e. The molecule has 0 spiro atoms. The fraction of sp³-hybridized carbons (Fsp3) is 0.0714. The maximum absolute atomic E-state index is 11.1. The van der Waals surface area contributed by atoms with E-state index in [4.69, 9.17) is 27.5 Å². The number of nitrogen functional groups attached to an aromatic ring is 1. The topological polar surface area (TPSA) is 102 Å². The zero-order chi connectivity index (χ0) is 15.6. The molecule has 0 aliphatic heterocycles. The van der Waals surface area contributed by atoms with Crippen LogP contribution in [-0.4, -0.2) is 10.8 Å². The van der Waals surface area contributed by atoms with Gasteiger partial charge < -0.3 is 10.5 Å². The Morgan fingerprint density at radius 2 is 2.00 bits per heavy atom. The predicted molar refractivity (Wildman–Crippen MR) is 80.4 cm³/mol. The third-order valence-corrected chi connectivity index (χ3v) is 3.00. The van der Waals surface area contributed by atoms with Crippen molar-refractivity contribution in [3.8, 4) is 11.5 Å². The van der Waals surface area contributed by atoms with Crippen molar-refractivity contribution in [2.75, 3.05) is 0 Å². The second-order valence-corrected chi connectivity index (χ2v) is 4.82. The highest BCUT2D eigenvalue weighted by atomic mass is 35.5. The van der Waals surface area contributed by atoms with Crippen molar-refractivity contribution in [3.63, 3.8) is 0 Å². The number of rotatable bonds is 4. The van der Waals surface area contributed by atoms with Gasteiger partial charge in [-0.25, -0.2) is 0 Å². The van der Waals surface area contributed by atoms with Gasteiger partial charge >= 0.3 is 5.69 Å². The molecule has 0 aliphatic rings. The summed E-state index contributed by atoms with van der Waals surface area (Å²) in [6.45, 7) is 1.75. The standard InChI is InChI=1S/C14H12ClN3O3/c1-8-2-5-12(11(6-8)18(19)20)21-13-7-9(15)3-4-10(13)14(16)17/h2-7H,1H3,(H3,16,17). The van der Waals surface area contributed by atoms with Crippen LogP contribution in [0.2, 0.25) is 5.02 Å². The quantitative estimate of drug-likeness (QED) is 0.389. The highest BCUT2D eigenvalue weighted by molar-refractivity contribution is 6.30. The van der Waals surface area contributed by atoms with Gasteiger partial charge in [0.1, 0.15) is 11.6 Å². The van der Waals surface area contributed by atoms with Crippen molar-refractivity contribution >= 4 is 23.1 Å². The zero-order valence-corrected chi connectivity index (χ0v) is 11.8. The van der Waals surface area contributed by atoms with Gasteiger partial charge in [-0.2, -0.15) is 0 Å². The van der Waals surface area contributed by atoms with Gasteiger partial charge in [-0.3, -0.25) is 15.5 Å². The Labute approximate surface area is 125 Å². The van der Waals surface area contributed by atoms with Crippen LogP contribution in [0.25, 0.3) is 0 Å². The number of aryl methyl sites for hydroxylation is 1. The molecule has 108 valence electrons. The SMILES string of the molecule is Cc1ccc(Oc2cc(Cl)ccc2C(=N)N)c([N+](=O)[O-])c1. The zero-order valence-electron chi connectivity index (χ0n) is 11.1. The molecule has 0 saturated carbocycles. The van der Waals surface area contributed by atoms with Crippen molar-refractivity contribution in [1.82, 2.24) is 0 Å². The lowest BCUT2D eigenvalue weighted by Gasteiger charge is -2.11. The molecule has 0 radical (unpaired) electrons. The number of ether oxygens (including phenoxy) is 1. The third kappa shape index (κ3) is 3.29. The van der Waals surface area contributed by atoms with Crippen LogP contribution in [0, 0.1) is 22.4 Å². The lowest BCUT2D eigenvalue weighted by atomic mass is 10.1. The van der Waals surface area contributed by atoms with E-state index in [9.17, 15) is 10.1 Å². The molecule has 7 heteroatoms. The van der Waals surface area contributed by atoms with E-state index in [0.29, 0.717) is 10.6 Å². The summed E-state index contributed by atoms with van der Waals surface area (Å²) in [4.78, 5) is 10.6. The second kappa shape index (κ2) is 5.80. The molecule has 6 nitrogen and oxygen atoms in total. The van der Waals surface area contributed by atoms with Crippen molar-refractivity contribution in [2.24, 2.45) is 5.73 Å². The molecule has 0 amide bonds. The molecule has 0 atom stereocenters. The molecule has 0 fully saturated rings. The van der Waals surface area contributed by atoms with Crippen molar-refractivity contribution in [3.05, 3.63) is 62.7 Å². The Hall–Kier alpha value is -2.60. The molecule has 0 aliphatic carbocycles. The fourth-order valence-corrected chi connectivity index (χ4v) is 1.94. The minimum absolute atomic E-state index is 0.0652. The molecule has 2 aromatic rings. The average Bonchev–Trinajstić information content (AvgIpc) is 2.40. The number of amidine groups is 1. The Balaban J connectivity index is 2.50. The molecule has 0 saturated heterocycles. The second-order valence-electron chi connectivity index (χ2n) is 4.38. The predicted octanol–water partition coefficient (Wildman–Crippen LogP) is 3.63. The summed E-state index contributed by atoms with van der Waals surface area (Å²) in [7, 11) is 0. The van der Waals surface area contributed by atoms with Crippen LogP contribution in [0.15, 0.2) is 36.4 Å². The van der Waals surface area contributed by atoms with Gasteiger partial charge in [-0.15, -0.1) is 0 Å². The normalized spacial score (nSPS) is 10.2. The van der Waals surface area contributed by atoms with Gasteiger partial charge in [0.15, 0.2) is 0 Å². The summed E-state index contributed by atoms with van der Waals surface area (Å²) in [5.74, 6) is 0.0498. The molecular formula is C14H12ClN3O3. The smallest absolute Gasteiger partial charge is 0.311 e. The van der Waals surface area contributed by atoms with E-state index in [0.717, 1.165) is 5.56 Å². The Morgan fingerprint density at radius 1 is 1.29 bits per heavy atom. The van der Waals surface area contributed by atoms with Crippen molar-refractivity contribution in [2.45, 2.75) is 6.92 Å². The molecule has 0 bridgehead atoms. The van der Waals surface area contributed by atoms with Gasteiger partial charge in [0, 0.05) is 17.2 Å². The first-order valence-electron chi connectivity index (χ1n) is 5.95. The summed E-state index contributed by atoms with van der Waals surface area (Å²) >= 11 is 5.89. The maximum Gasteiger partial charge on any atom is 0.311 e. The number of benzene rings is 2. The van der Waals surface area contributed by atoms with Gasteiger partial charge in [0.25, 0.3) is 0 Å². The van der Waals surface area contributed by atoms with Crippen LogP contribution in [0.5, 0.6) is 11.5 Å². The van der Waals surface area contributed by atoms with E-state index in [1.807, 2.05) is 0 Å². The van der Waals surface area contributed by atoms with Gasteiger partial charge in [-0.1, -0.05) is 17.7 Å². The first-order valence-corrected chi connectivity index (χ1v) is 6.33. The van der Waals surface area contributed by atoms with Crippen molar-refractivity contribution < 1.29 is 9.66 Å². The summed E-state index contributed by atoms with van der Waals surface area (Å²) in [6, 6.07) is 9.16. The molecule has 3 N–H and O–H groups in total. The number of hydrogen-bond acceptors (Lipinski definition) is 4. The third-order valence-electron chi connectivity index (χ3n) is 2.76. The Bertz CT molecular complexity index is 731. The van der Waals surface area contributed by atoms with Crippen molar-refractivity contribution in [1.29, 1.82) is 5.41 Å². The minimum Gasteiger partial charge on any atom is -0.449 e. The number of nitrogens with one attached hydrogen (secondary N) is 1. The molecule has 2 rings (SSSR count). The Morgan fingerprint density at radius 3 is 2.62 bits per heavy atom. The van der Waals surface area contributed by atoms with E-state index in [2.05, 4.69) is 0 Å². The first kappa shape index (κ1) is 14.8. The molecular weight excluding hydrogens is 294 g/mol. The van der Waals surface area contributed by atoms with E-state index in [1.165, 1.54) is 24.3 Å². The lowest BCUT2D eigenvalue weighted by Crippen LogP contribution is -2.12. The number of nitrogens with two attached hydrogens (primary N) is 1. The molecule has 0 aromatic heterocycles. The molecule has 2 aromatic carbocycles. The van der Waals surface area contributed by atoms with Crippen LogP contribution >= 0.6 is 11.6 Å². The molecule has 21 heavy (non-hydrogen) atoms. The molecule has 0 heterocycles. The minimum atomic E-state index is -0.527. The monoisotopic (exact) mass is 305 g/mol. The van der Waals surface area contributed by atoms with Crippen LogP contribution < -0.4 is 10.5 Å². The van der Waals surface area contributed by atoms with Crippen LogP contribution in [0.1, 0.15) is 11.1 Å². The van der Waals surface area contributed by atoms with Gasteiger partial charge in [-0.05, 0) is 30.7 Å². The van der Waals surface area contributed by atoms with Gasteiger partial charge in [0.05, 0.1) is 10.5 Å². The fourth-order valence-electron chi connectivity index (χ4n) is 1.78. The lowest BCUT2D eigenvalue weighted by molar-refractivity contribution is -0.385. The highest BCUT2D eigenvalue weighted by Gasteiger charge is 2.18. The van der Waals surface area contributed by atoms with Crippen LogP contribution in [0.3, 0.4) is 0 Å². The molecule has 0 unspecified atom stereocenters. The Kier molecular flexibility index (Phi) is 4.09. The van der Waals surface area contributed by atoms with Crippen LogP contribution in [-0.2, 0) is 0 Å². The summed E-state index contributed by atoms with van der Waals surface area (Å²) in [5.41, 5.74) is 6.36. The number of halogens is 1. The number of nitrogens with zero attached hydrogens (tertiary/aromatic N) is 1. The highest BCUT2D eigenvalue weighted by Crippen LogP contribution is 2.34. The summed E-state index contributed by atoms with van der Waals surface area (Å²) < 4.78 is 5.55. The number of nitro groups is 1. The maximum atomic E-state index is 11.1. The van der Waals surface area contributed by atoms with E-state index < -0.39 is 4.92 Å². The van der Waals surface area contributed by atoms with E-state index in [1.54, 1.807) is 19.1 Å². The average molecular weight is 306 g/mol.